The van der Waals surface area contributed by atoms with E-state index in [9.17, 15) is 26.4 Å². The normalized spacial score (nSPS) is 11.6. The maximum absolute atomic E-state index is 12.3. The van der Waals surface area contributed by atoms with Crippen molar-refractivity contribution in [2.75, 3.05) is 17.6 Å². The van der Waals surface area contributed by atoms with Gasteiger partial charge in [0.05, 0.1) is 15.5 Å². The molecule has 32 heavy (non-hydrogen) atoms. The van der Waals surface area contributed by atoms with Crippen molar-refractivity contribution in [2.45, 2.75) is 36.0 Å². The summed E-state index contributed by atoms with van der Waals surface area (Å²) in [5.41, 5.74) is 0.283. The molecule has 0 heterocycles. The van der Waals surface area contributed by atoms with Crippen molar-refractivity contribution in [1.82, 2.24) is 10.0 Å². The molecule has 0 saturated carbocycles. The highest BCUT2D eigenvalue weighted by Gasteiger charge is 2.19. The Kier molecular flexibility index (Phi) is 9.05. The minimum Gasteiger partial charge on any atom is -0.337 e. The van der Waals surface area contributed by atoms with Gasteiger partial charge in [-0.3, -0.25) is 4.79 Å². The summed E-state index contributed by atoms with van der Waals surface area (Å²) in [6, 6.07) is 9.95. The van der Waals surface area contributed by atoms with Crippen molar-refractivity contribution in [3.63, 3.8) is 0 Å². The molecule has 0 bridgehead atoms. The molecule has 9 nitrogen and oxygen atoms in total. The summed E-state index contributed by atoms with van der Waals surface area (Å²) >= 11 is 5.75. The quantitative estimate of drug-likeness (QED) is 0.428. The van der Waals surface area contributed by atoms with Crippen molar-refractivity contribution in [3.8, 4) is 0 Å². The average Bonchev–Trinajstić information content (AvgIpc) is 2.73. The number of nitrogens with one attached hydrogen (secondary N) is 3. The molecule has 0 saturated heterocycles. The van der Waals surface area contributed by atoms with Crippen molar-refractivity contribution in [1.29, 1.82) is 0 Å². The van der Waals surface area contributed by atoms with Gasteiger partial charge in [0.15, 0.2) is 9.84 Å². The highest BCUT2D eigenvalue weighted by atomic mass is 35.5. The van der Waals surface area contributed by atoms with Gasteiger partial charge in [0.25, 0.3) is 10.0 Å². The molecule has 0 aliphatic rings. The summed E-state index contributed by atoms with van der Waals surface area (Å²) in [4.78, 5) is 23.7. The summed E-state index contributed by atoms with van der Waals surface area (Å²) in [6.45, 7) is 2.30. The number of carbonyl (C=O) groups is 2. The minimum atomic E-state index is -4.07. The van der Waals surface area contributed by atoms with E-state index >= 15 is 0 Å². The van der Waals surface area contributed by atoms with Gasteiger partial charge in [0, 0.05) is 23.7 Å². The second kappa shape index (κ2) is 11.3. The Morgan fingerprint density at radius 2 is 1.50 bits per heavy atom. The zero-order valence-electron chi connectivity index (χ0n) is 17.3. The van der Waals surface area contributed by atoms with Crippen LogP contribution in [0.3, 0.4) is 0 Å². The first kappa shape index (κ1) is 25.6. The fraction of sp³-hybridized carbons (Fsp3) is 0.300. The van der Waals surface area contributed by atoms with Crippen LogP contribution in [0.5, 0.6) is 0 Å². The molecule has 12 heteroatoms. The zero-order valence-corrected chi connectivity index (χ0v) is 19.7. The lowest BCUT2D eigenvalue weighted by Gasteiger charge is -2.10. The van der Waals surface area contributed by atoms with Gasteiger partial charge < -0.3 is 10.6 Å². The third-order valence-electron chi connectivity index (χ3n) is 4.26. The van der Waals surface area contributed by atoms with Gasteiger partial charge in [-0.05, 0) is 55.0 Å². The number of anilines is 1. The van der Waals surface area contributed by atoms with E-state index < -0.39 is 37.6 Å². The van der Waals surface area contributed by atoms with Gasteiger partial charge in [0.2, 0.25) is 5.91 Å². The Labute approximate surface area is 192 Å². The van der Waals surface area contributed by atoms with E-state index in [1.54, 1.807) is 0 Å². The van der Waals surface area contributed by atoms with Crippen LogP contribution in [-0.4, -0.2) is 41.1 Å². The zero-order chi connectivity index (χ0) is 23.8. The molecule has 3 N–H and O–H groups in total. The van der Waals surface area contributed by atoms with Crippen molar-refractivity contribution < 1.29 is 26.4 Å². The number of sulfone groups is 1. The molecule has 174 valence electrons. The summed E-state index contributed by atoms with van der Waals surface area (Å²) in [5.74, 6) is -0.948. The highest BCUT2D eigenvalue weighted by Crippen LogP contribution is 2.17. The number of halogens is 1. The van der Waals surface area contributed by atoms with E-state index in [1.165, 1.54) is 48.5 Å². The number of benzene rings is 2. The van der Waals surface area contributed by atoms with Crippen LogP contribution in [0.2, 0.25) is 5.02 Å². The molecule has 2 aromatic rings. The number of unbranched alkanes of at least 4 members (excludes halogenated alkanes) is 1. The highest BCUT2D eigenvalue weighted by molar-refractivity contribution is 7.91. The maximum atomic E-state index is 12.3. The Morgan fingerprint density at radius 1 is 0.906 bits per heavy atom. The second-order valence-corrected chi connectivity index (χ2v) is 11.0. The largest absolute Gasteiger partial charge is 0.337 e. The van der Waals surface area contributed by atoms with Gasteiger partial charge in [-0.25, -0.2) is 26.4 Å². The molecule has 2 rings (SSSR count). The van der Waals surface area contributed by atoms with Crippen molar-refractivity contribution >= 4 is 49.1 Å². The predicted molar refractivity (Wildman–Crippen MR) is 122 cm³/mol. The molecule has 0 atom stereocenters. The van der Waals surface area contributed by atoms with Crippen LogP contribution in [-0.2, 0) is 24.7 Å². The summed E-state index contributed by atoms with van der Waals surface area (Å²) in [5, 5.41) is 5.36. The molecule has 0 aliphatic carbocycles. The third kappa shape index (κ3) is 7.81. The lowest BCUT2D eigenvalue weighted by atomic mass is 10.3. The summed E-state index contributed by atoms with van der Waals surface area (Å²) in [6.07, 6.45) is 1.29. The molecular weight excluding hydrogens is 478 g/mol. The van der Waals surface area contributed by atoms with Crippen LogP contribution in [0.4, 0.5) is 10.5 Å². The lowest BCUT2D eigenvalue weighted by molar-refractivity contribution is -0.115. The molecule has 2 aromatic carbocycles. The first-order valence-corrected chi connectivity index (χ1v) is 13.2. The van der Waals surface area contributed by atoms with Gasteiger partial charge in [-0.2, -0.15) is 0 Å². The third-order valence-corrected chi connectivity index (χ3v) is 7.59. The van der Waals surface area contributed by atoms with Gasteiger partial charge >= 0.3 is 6.03 Å². The van der Waals surface area contributed by atoms with Gasteiger partial charge in [0.1, 0.15) is 0 Å². The van der Waals surface area contributed by atoms with E-state index in [2.05, 4.69) is 10.6 Å². The minimum absolute atomic E-state index is 0.0653. The number of hydrogen-bond acceptors (Lipinski definition) is 6. The first-order valence-electron chi connectivity index (χ1n) is 9.72. The van der Waals surface area contributed by atoms with E-state index in [-0.39, 0.29) is 21.9 Å². The monoisotopic (exact) mass is 501 g/mol. The van der Waals surface area contributed by atoms with Crippen LogP contribution in [0.15, 0.2) is 58.3 Å². The Bertz CT molecular complexity index is 1150. The smallest absolute Gasteiger partial charge is 0.328 e. The number of hydrogen-bond donors (Lipinski definition) is 3. The van der Waals surface area contributed by atoms with E-state index in [1.807, 2.05) is 11.6 Å². The van der Waals surface area contributed by atoms with Crippen molar-refractivity contribution in [2.24, 2.45) is 0 Å². The fourth-order valence-corrected chi connectivity index (χ4v) is 4.82. The van der Waals surface area contributed by atoms with Gasteiger partial charge in [-0.15, -0.1) is 0 Å². The maximum Gasteiger partial charge on any atom is 0.328 e. The standard InChI is InChI=1S/C20H24ClN3O6S2/c1-2-3-13-22-20(26)24-32(29,30)18-10-6-16(7-11-18)23-19(25)12-14-31(27,28)17-8-4-15(21)5-9-17/h4-11H,2-3,12-14H2,1H3,(H,23,25)(H2,22,24,26). The Morgan fingerprint density at radius 3 is 2.09 bits per heavy atom. The summed E-state index contributed by atoms with van der Waals surface area (Å²) in [7, 11) is -7.72. The number of rotatable bonds is 10. The predicted octanol–water partition coefficient (Wildman–Crippen LogP) is 2.93. The van der Waals surface area contributed by atoms with E-state index in [0.29, 0.717) is 11.6 Å². The number of amides is 3. The molecule has 3 amide bonds. The number of carbonyl (C=O) groups excluding carboxylic acids is 2. The van der Waals surface area contributed by atoms with E-state index in [0.717, 1.165) is 12.8 Å². The molecule has 0 aliphatic heterocycles. The lowest BCUT2D eigenvalue weighted by Crippen LogP contribution is -2.39. The molecule has 0 aromatic heterocycles. The van der Waals surface area contributed by atoms with Crippen molar-refractivity contribution in [3.05, 3.63) is 53.6 Å². The average molecular weight is 502 g/mol. The van der Waals surface area contributed by atoms with Crippen LogP contribution in [0, 0.1) is 0 Å². The number of sulfonamides is 1. The Hall–Kier alpha value is -2.63. The van der Waals surface area contributed by atoms with E-state index in [4.69, 9.17) is 11.6 Å². The first-order chi connectivity index (χ1) is 15.0. The molecular formula is C20H24ClN3O6S2. The van der Waals surface area contributed by atoms with Gasteiger partial charge in [-0.1, -0.05) is 24.9 Å². The molecule has 0 spiro atoms. The van der Waals surface area contributed by atoms with Crippen LogP contribution in [0.1, 0.15) is 26.2 Å². The second-order valence-electron chi connectivity index (χ2n) is 6.81. The van der Waals surface area contributed by atoms with Crippen LogP contribution in [0.25, 0.3) is 0 Å². The molecule has 0 fully saturated rings. The number of urea groups is 1. The van der Waals surface area contributed by atoms with Crippen LogP contribution < -0.4 is 15.4 Å². The topological polar surface area (TPSA) is 139 Å². The van der Waals surface area contributed by atoms with Crippen LogP contribution >= 0.6 is 11.6 Å². The summed E-state index contributed by atoms with van der Waals surface area (Å²) < 4.78 is 51.0. The molecule has 0 unspecified atom stereocenters. The Balaban J connectivity index is 1.92. The fourth-order valence-electron chi connectivity index (χ4n) is 2.52. The SMILES string of the molecule is CCCCNC(=O)NS(=O)(=O)c1ccc(NC(=O)CCS(=O)(=O)c2ccc(Cl)cc2)cc1. The molecule has 0 radical (unpaired) electrons.